The van der Waals surface area contributed by atoms with E-state index >= 15 is 0 Å². The smallest absolute Gasteiger partial charge is 0.255 e. The van der Waals surface area contributed by atoms with Crippen LogP contribution < -0.4 is 15.0 Å². The largest absolute Gasteiger partial charge is 0.454 e. The van der Waals surface area contributed by atoms with E-state index in [0.29, 0.717) is 35.2 Å². The van der Waals surface area contributed by atoms with Gasteiger partial charge < -0.3 is 18.9 Å². The first kappa shape index (κ1) is 19.1. The maximum Gasteiger partial charge on any atom is 0.255 e. The van der Waals surface area contributed by atoms with Gasteiger partial charge >= 0.3 is 0 Å². The summed E-state index contributed by atoms with van der Waals surface area (Å²) in [5.41, 5.74) is 1.98. The first-order valence-corrected chi connectivity index (χ1v) is 9.47. The van der Waals surface area contributed by atoms with Gasteiger partial charge in [0, 0.05) is 30.9 Å². The van der Waals surface area contributed by atoms with E-state index in [1.807, 2.05) is 36.4 Å². The third-order valence-corrected chi connectivity index (χ3v) is 5.10. The van der Waals surface area contributed by atoms with E-state index in [9.17, 15) is 9.59 Å². The second-order valence-corrected chi connectivity index (χ2v) is 7.23. The van der Waals surface area contributed by atoms with Gasteiger partial charge in [0.1, 0.15) is 0 Å². The fourth-order valence-corrected chi connectivity index (χ4v) is 3.39. The number of nitrogens with zero attached hydrogens (tertiary/aromatic N) is 2. The van der Waals surface area contributed by atoms with Crippen LogP contribution in [0.15, 0.2) is 65.6 Å². The molecule has 1 aliphatic rings. The van der Waals surface area contributed by atoms with Crippen LogP contribution in [-0.4, -0.2) is 29.2 Å². The van der Waals surface area contributed by atoms with Gasteiger partial charge in [-0.05, 0) is 35.4 Å². The van der Waals surface area contributed by atoms with Gasteiger partial charge in [0.25, 0.3) is 11.5 Å². The third kappa shape index (κ3) is 4.12. The highest BCUT2D eigenvalue weighted by atomic mass is 35.5. The molecule has 0 radical (unpaired) electrons. The topological polar surface area (TPSA) is 60.8 Å². The Kier molecular flexibility index (Phi) is 5.27. The van der Waals surface area contributed by atoms with Crippen molar-refractivity contribution in [3.8, 4) is 11.5 Å². The van der Waals surface area contributed by atoms with E-state index < -0.39 is 0 Å². The number of carbonyl (C=O) groups excluding carboxylic acids is 1. The van der Waals surface area contributed by atoms with Crippen LogP contribution in [0.25, 0.3) is 0 Å². The lowest BCUT2D eigenvalue weighted by atomic mass is 10.1. The number of halogens is 1. The minimum absolute atomic E-state index is 0.185. The lowest BCUT2D eigenvalue weighted by Crippen LogP contribution is -2.28. The summed E-state index contributed by atoms with van der Waals surface area (Å²) in [5.74, 6) is 1.20. The van der Waals surface area contributed by atoms with Crippen LogP contribution in [0.2, 0.25) is 5.02 Å². The van der Waals surface area contributed by atoms with E-state index in [-0.39, 0.29) is 18.3 Å². The first-order chi connectivity index (χ1) is 14.0. The van der Waals surface area contributed by atoms with E-state index in [0.717, 1.165) is 11.1 Å². The van der Waals surface area contributed by atoms with Crippen molar-refractivity contribution in [1.82, 2.24) is 9.47 Å². The van der Waals surface area contributed by atoms with E-state index in [4.69, 9.17) is 21.1 Å². The Morgan fingerprint density at radius 1 is 1.10 bits per heavy atom. The van der Waals surface area contributed by atoms with Crippen molar-refractivity contribution in [1.29, 1.82) is 0 Å². The summed E-state index contributed by atoms with van der Waals surface area (Å²) in [6.45, 7) is 0.908. The zero-order valence-corrected chi connectivity index (χ0v) is 16.6. The molecule has 0 unspecified atom stereocenters. The molecule has 0 saturated carbocycles. The zero-order chi connectivity index (χ0) is 20.4. The average molecular weight is 411 g/mol. The summed E-state index contributed by atoms with van der Waals surface area (Å²) in [4.78, 5) is 26.7. The average Bonchev–Trinajstić information content (AvgIpc) is 3.18. The number of benzene rings is 2. The summed E-state index contributed by atoms with van der Waals surface area (Å²) in [6.07, 6.45) is 1.57. The van der Waals surface area contributed by atoms with Crippen LogP contribution in [-0.2, 0) is 13.1 Å². The van der Waals surface area contributed by atoms with Gasteiger partial charge in [0.15, 0.2) is 11.5 Å². The van der Waals surface area contributed by atoms with E-state index in [1.54, 1.807) is 30.3 Å². The number of fused-ring (bicyclic) bond motifs is 1. The molecule has 148 valence electrons. The maximum absolute atomic E-state index is 12.9. The predicted molar refractivity (Wildman–Crippen MR) is 110 cm³/mol. The minimum Gasteiger partial charge on any atom is -0.454 e. The molecule has 0 fully saturated rings. The predicted octanol–water partition coefficient (Wildman–Crippen LogP) is 3.55. The first-order valence-electron chi connectivity index (χ1n) is 9.09. The van der Waals surface area contributed by atoms with Gasteiger partial charge in [0.05, 0.1) is 12.1 Å². The van der Waals surface area contributed by atoms with Crippen molar-refractivity contribution in [2.75, 3.05) is 13.8 Å². The lowest BCUT2D eigenvalue weighted by Gasteiger charge is -2.18. The fraction of sp³-hybridized carbons (Fsp3) is 0.182. The van der Waals surface area contributed by atoms with Crippen LogP contribution in [0.5, 0.6) is 11.5 Å². The molecule has 1 aromatic heterocycles. The molecule has 1 amide bonds. The molecule has 0 spiro atoms. The van der Waals surface area contributed by atoms with Gasteiger partial charge in [-0.1, -0.05) is 35.9 Å². The number of carbonyl (C=O) groups is 1. The molecule has 0 N–H and O–H groups in total. The lowest BCUT2D eigenvalue weighted by molar-refractivity contribution is 0.0784. The summed E-state index contributed by atoms with van der Waals surface area (Å²) in [6, 6.07) is 15.9. The molecule has 2 heterocycles. The Morgan fingerprint density at radius 3 is 2.72 bits per heavy atom. The molecule has 29 heavy (non-hydrogen) atoms. The molecule has 0 saturated heterocycles. The maximum atomic E-state index is 12.9. The molecule has 4 rings (SSSR count). The number of aromatic nitrogens is 1. The second kappa shape index (κ2) is 8.01. The van der Waals surface area contributed by atoms with Gasteiger partial charge in [-0.3, -0.25) is 9.59 Å². The van der Waals surface area contributed by atoms with Gasteiger partial charge in [-0.25, -0.2) is 0 Å². The number of hydrogen-bond acceptors (Lipinski definition) is 4. The van der Waals surface area contributed by atoms with E-state index in [1.165, 1.54) is 10.6 Å². The Bertz CT molecular complexity index is 1130. The summed E-state index contributed by atoms with van der Waals surface area (Å²) < 4.78 is 12.2. The molecule has 7 heteroatoms. The Balaban J connectivity index is 1.52. The molecular weight excluding hydrogens is 392 g/mol. The highest BCUT2D eigenvalue weighted by Gasteiger charge is 2.17. The second-order valence-electron chi connectivity index (χ2n) is 6.82. The molecule has 0 bridgehead atoms. The summed E-state index contributed by atoms with van der Waals surface area (Å²) in [5, 5.41) is 0.580. The van der Waals surface area contributed by atoms with Crippen LogP contribution in [0.1, 0.15) is 21.5 Å². The minimum atomic E-state index is -0.195. The van der Waals surface area contributed by atoms with Crippen molar-refractivity contribution in [3.63, 3.8) is 0 Å². The van der Waals surface area contributed by atoms with Crippen LogP contribution in [0.3, 0.4) is 0 Å². The zero-order valence-electron chi connectivity index (χ0n) is 15.8. The van der Waals surface area contributed by atoms with Gasteiger partial charge in [-0.2, -0.15) is 0 Å². The standard InChI is InChI=1S/C22H19ClN2O4/c1-24(11-15-6-8-19-20(10-15)29-14-28-19)22(27)17-7-9-21(26)25(13-17)12-16-4-2-3-5-18(16)23/h2-10,13H,11-12,14H2,1H3. The number of ether oxygens (including phenoxy) is 2. The van der Waals surface area contributed by atoms with Crippen LogP contribution >= 0.6 is 11.6 Å². The Labute approximate surface area is 172 Å². The summed E-state index contributed by atoms with van der Waals surface area (Å²) in [7, 11) is 1.72. The Hall–Kier alpha value is -3.25. The van der Waals surface area contributed by atoms with Crippen LogP contribution in [0.4, 0.5) is 0 Å². The normalized spacial score (nSPS) is 12.1. The number of hydrogen-bond donors (Lipinski definition) is 0. The van der Waals surface area contributed by atoms with Crippen molar-refractivity contribution in [2.45, 2.75) is 13.1 Å². The highest BCUT2D eigenvalue weighted by Crippen LogP contribution is 2.32. The number of rotatable bonds is 5. The van der Waals surface area contributed by atoms with Gasteiger partial charge in [-0.15, -0.1) is 0 Å². The van der Waals surface area contributed by atoms with Crippen molar-refractivity contribution < 1.29 is 14.3 Å². The third-order valence-electron chi connectivity index (χ3n) is 4.73. The van der Waals surface area contributed by atoms with Crippen LogP contribution in [0, 0.1) is 0 Å². The van der Waals surface area contributed by atoms with Gasteiger partial charge in [0.2, 0.25) is 6.79 Å². The molecule has 1 aliphatic heterocycles. The molecular formula is C22H19ClN2O4. The SMILES string of the molecule is CN(Cc1ccc2c(c1)OCO2)C(=O)c1ccc(=O)n(Cc2ccccc2Cl)c1. The fourth-order valence-electron chi connectivity index (χ4n) is 3.20. The van der Waals surface area contributed by atoms with Crippen molar-refractivity contribution >= 4 is 17.5 Å². The monoisotopic (exact) mass is 410 g/mol. The van der Waals surface area contributed by atoms with Crippen molar-refractivity contribution in [3.05, 3.63) is 92.9 Å². The van der Waals surface area contributed by atoms with Crippen molar-refractivity contribution in [2.24, 2.45) is 0 Å². The highest BCUT2D eigenvalue weighted by molar-refractivity contribution is 6.31. The number of pyridine rings is 1. The molecule has 6 nitrogen and oxygen atoms in total. The molecule has 0 atom stereocenters. The molecule has 0 aliphatic carbocycles. The quantitative estimate of drug-likeness (QED) is 0.645. The molecule has 3 aromatic rings. The van der Waals surface area contributed by atoms with E-state index in [2.05, 4.69) is 0 Å². The number of amides is 1. The summed E-state index contributed by atoms with van der Waals surface area (Å²) >= 11 is 6.20. The Morgan fingerprint density at radius 2 is 1.90 bits per heavy atom. The molecule has 2 aromatic carbocycles.